The van der Waals surface area contributed by atoms with E-state index >= 15 is 0 Å². The summed E-state index contributed by atoms with van der Waals surface area (Å²) in [5.41, 5.74) is 0.602. The number of aliphatic hydroxyl groups is 1. The summed E-state index contributed by atoms with van der Waals surface area (Å²) in [5.74, 6) is -2.87. The van der Waals surface area contributed by atoms with Gasteiger partial charge in [-0.2, -0.15) is 0 Å². The van der Waals surface area contributed by atoms with E-state index in [0.717, 1.165) is 17.0 Å². The number of benzene rings is 2. The van der Waals surface area contributed by atoms with Gasteiger partial charge in [0, 0.05) is 23.6 Å². The van der Waals surface area contributed by atoms with Gasteiger partial charge in [-0.15, -0.1) is 0 Å². The third kappa shape index (κ3) is 3.77. The van der Waals surface area contributed by atoms with Gasteiger partial charge in [-0.1, -0.05) is 6.07 Å². The third-order valence-corrected chi connectivity index (χ3v) is 5.93. The lowest BCUT2D eigenvalue weighted by Gasteiger charge is -2.25. The van der Waals surface area contributed by atoms with Crippen LogP contribution in [0.5, 0.6) is 0 Å². The number of carbonyl (C=O) groups excluding carboxylic acids is 2. The number of sulfonamides is 1. The monoisotopic (exact) mass is 453 g/mol. The van der Waals surface area contributed by atoms with Crippen LogP contribution in [0.25, 0.3) is 5.76 Å². The topological polar surface area (TPSA) is 131 Å². The highest BCUT2D eigenvalue weighted by molar-refractivity contribution is 7.89. The Hall–Kier alpha value is -3.89. The number of Topliss-reactive ketones (excluding diaryl/α,β-unsaturated/α-hetero) is 1. The van der Waals surface area contributed by atoms with Gasteiger partial charge in [0.2, 0.25) is 10.0 Å². The molecule has 1 amide bonds. The van der Waals surface area contributed by atoms with Crippen LogP contribution in [0.4, 0.5) is 10.1 Å². The molecule has 8 nitrogen and oxygen atoms in total. The number of ketones is 1. The van der Waals surface area contributed by atoms with Crippen molar-refractivity contribution in [3.05, 3.63) is 95.6 Å². The van der Waals surface area contributed by atoms with Crippen molar-refractivity contribution in [1.82, 2.24) is 4.98 Å². The van der Waals surface area contributed by atoms with Gasteiger partial charge in [-0.3, -0.25) is 19.5 Å². The van der Waals surface area contributed by atoms with Crippen molar-refractivity contribution in [3.8, 4) is 0 Å². The molecule has 2 aromatic carbocycles. The van der Waals surface area contributed by atoms with Crippen molar-refractivity contribution in [2.24, 2.45) is 5.14 Å². The molecule has 1 aliphatic heterocycles. The zero-order chi connectivity index (χ0) is 23.0. The Morgan fingerprint density at radius 1 is 1.03 bits per heavy atom. The van der Waals surface area contributed by atoms with E-state index in [0.29, 0.717) is 5.56 Å². The van der Waals surface area contributed by atoms with Crippen LogP contribution in [-0.4, -0.2) is 30.2 Å². The first-order valence-electron chi connectivity index (χ1n) is 9.28. The lowest BCUT2D eigenvalue weighted by atomic mass is 9.96. The SMILES string of the molecule is NS(=O)(=O)c1ccc(N2C(=O)C(=O)/C(=C(/O)c3ccc(F)cc3)C2c2cccnc2)cc1. The number of primary sulfonamides is 1. The van der Waals surface area contributed by atoms with Gasteiger partial charge in [0.15, 0.2) is 0 Å². The fraction of sp³-hybridized carbons (Fsp3) is 0.0455. The number of hydrogen-bond donors (Lipinski definition) is 2. The summed E-state index contributed by atoms with van der Waals surface area (Å²) in [5, 5.41) is 16.0. The average molecular weight is 453 g/mol. The number of nitrogens with zero attached hydrogens (tertiary/aromatic N) is 2. The fourth-order valence-corrected chi connectivity index (χ4v) is 4.03. The van der Waals surface area contributed by atoms with E-state index in [2.05, 4.69) is 4.98 Å². The zero-order valence-electron chi connectivity index (χ0n) is 16.3. The normalized spacial score (nSPS) is 18.2. The maximum Gasteiger partial charge on any atom is 0.300 e. The fourth-order valence-electron chi connectivity index (χ4n) is 3.51. The van der Waals surface area contributed by atoms with Crippen molar-refractivity contribution in [3.63, 3.8) is 0 Å². The predicted molar refractivity (Wildman–Crippen MR) is 113 cm³/mol. The Morgan fingerprint density at radius 3 is 2.25 bits per heavy atom. The summed E-state index contributed by atoms with van der Waals surface area (Å²) in [7, 11) is -3.96. The second-order valence-corrected chi connectivity index (χ2v) is 8.56. The average Bonchev–Trinajstić information content (AvgIpc) is 3.04. The summed E-state index contributed by atoms with van der Waals surface area (Å²) in [6.45, 7) is 0. The number of halogens is 1. The molecule has 1 atom stereocenters. The number of hydrogen-bond acceptors (Lipinski definition) is 6. The molecule has 32 heavy (non-hydrogen) atoms. The Bertz CT molecular complexity index is 1340. The third-order valence-electron chi connectivity index (χ3n) is 5.01. The number of amides is 1. The first-order chi connectivity index (χ1) is 15.2. The second-order valence-electron chi connectivity index (χ2n) is 7.00. The first kappa shape index (κ1) is 21.3. The van der Waals surface area contributed by atoms with Crippen LogP contribution < -0.4 is 10.0 Å². The lowest BCUT2D eigenvalue weighted by Crippen LogP contribution is -2.29. The number of carbonyl (C=O) groups is 2. The molecule has 1 aliphatic rings. The minimum Gasteiger partial charge on any atom is -0.507 e. The molecule has 2 heterocycles. The molecule has 162 valence electrons. The maximum atomic E-state index is 13.3. The summed E-state index contributed by atoms with van der Waals surface area (Å²) in [6, 6.07) is 12.1. The summed E-state index contributed by atoms with van der Waals surface area (Å²) in [4.78, 5) is 30.9. The first-order valence-corrected chi connectivity index (χ1v) is 10.8. The van der Waals surface area contributed by atoms with Gasteiger partial charge >= 0.3 is 0 Å². The van der Waals surface area contributed by atoms with Crippen LogP contribution >= 0.6 is 0 Å². The minimum absolute atomic E-state index is 0.155. The summed E-state index contributed by atoms with van der Waals surface area (Å²) in [6.07, 6.45) is 2.96. The Balaban J connectivity index is 1.90. The molecular weight excluding hydrogens is 437 g/mol. The number of aliphatic hydroxyl groups excluding tert-OH is 1. The van der Waals surface area contributed by atoms with Gasteiger partial charge in [0.1, 0.15) is 11.6 Å². The number of nitrogens with two attached hydrogens (primary N) is 1. The maximum absolute atomic E-state index is 13.3. The van der Waals surface area contributed by atoms with Crippen LogP contribution in [-0.2, 0) is 19.6 Å². The molecule has 1 saturated heterocycles. The molecule has 1 fully saturated rings. The molecule has 0 radical (unpaired) electrons. The van der Waals surface area contributed by atoms with Crippen LogP contribution in [0.15, 0.2) is 83.5 Å². The Morgan fingerprint density at radius 2 is 1.69 bits per heavy atom. The zero-order valence-corrected chi connectivity index (χ0v) is 17.2. The molecule has 10 heteroatoms. The van der Waals surface area contributed by atoms with E-state index in [9.17, 15) is 27.5 Å². The van der Waals surface area contributed by atoms with Crippen LogP contribution in [0.2, 0.25) is 0 Å². The predicted octanol–water partition coefficient (Wildman–Crippen LogP) is 2.49. The van der Waals surface area contributed by atoms with E-state index < -0.39 is 39.3 Å². The molecule has 0 spiro atoms. The molecular formula is C22H16FN3O5S. The molecule has 1 unspecified atom stereocenters. The molecule has 3 aromatic rings. The smallest absolute Gasteiger partial charge is 0.300 e. The number of anilines is 1. The highest BCUT2D eigenvalue weighted by Crippen LogP contribution is 2.42. The largest absolute Gasteiger partial charge is 0.507 e. The van der Waals surface area contributed by atoms with E-state index in [-0.39, 0.29) is 21.7 Å². The molecule has 0 saturated carbocycles. The van der Waals surface area contributed by atoms with Crippen molar-refractivity contribution in [2.75, 3.05) is 4.90 Å². The van der Waals surface area contributed by atoms with Gasteiger partial charge in [-0.25, -0.2) is 17.9 Å². The van der Waals surface area contributed by atoms with Gasteiger partial charge in [0.05, 0.1) is 16.5 Å². The molecule has 1 aromatic heterocycles. The quantitative estimate of drug-likeness (QED) is 0.355. The van der Waals surface area contributed by atoms with E-state index in [1.165, 1.54) is 48.8 Å². The van der Waals surface area contributed by atoms with Gasteiger partial charge in [0.25, 0.3) is 11.7 Å². The van der Waals surface area contributed by atoms with Crippen molar-refractivity contribution < 1.29 is 27.5 Å². The van der Waals surface area contributed by atoms with E-state index in [1.54, 1.807) is 12.1 Å². The summed E-state index contributed by atoms with van der Waals surface area (Å²) < 4.78 is 36.4. The lowest BCUT2D eigenvalue weighted by molar-refractivity contribution is -0.132. The molecule has 4 rings (SSSR count). The standard InChI is InChI=1S/C22H16FN3O5S/c23-15-5-3-13(4-6-15)20(27)18-19(14-2-1-11-25-12-14)26(22(29)21(18)28)16-7-9-17(10-8-16)32(24,30)31/h1-12,19,27H,(H2,24,30,31)/b20-18+. The van der Waals surface area contributed by atoms with Gasteiger partial charge < -0.3 is 5.11 Å². The van der Waals surface area contributed by atoms with E-state index in [4.69, 9.17) is 5.14 Å². The highest BCUT2D eigenvalue weighted by atomic mass is 32.2. The van der Waals surface area contributed by atoms with E-state index in [1.807, 2.05) is 0 Å². The minimum atomic E-state index is -3.96. The van der Waals surface area contributed by atoms with Crippen molar-refractivity contribution >= 4 is 33.2 Å². The van der Waals surface area contributed by atoms with Crippen LogP contribution in [0, 0.1) is 5.82 Å². The Labute approximate surface area is 182 Å². The van der Waals surface area contributed by atoms with Crippen LogP contribution in [0.3, 0.4) is 0 Å². The number of pyridine rings is 1. The highest BCUT2D eigenvalue weighted by Gasteiger charge is 2.47. The van der Waals surface area contributed by atoms with Crippen LogP contribution in [0.1, 0.15) is 17.2 Å². The number of rotatable bonds is 4. The van der Waals surface area contributed by atoms with Gasteiger partial charge in [-0.05, 0) is 60.2 Å². The second kappa shape index (κ2) is 7.98. The molecule has 0 aliphatic carbocycles. The van der Waals surface area contributed by atoms with Crippen molar-refractivity contribution in [1.29, 1.82) is 0 Å². The van der Waals surface area contributed by atoms with Crippen molar-refractivity contribution in [2.45, 2.75) is 10.9 Å². The molecule has 0 bridgehead atoms. The summed E-state index contributed by atoms with van der Waals surface area (Å²) >= 11 is 0. The molecule has 3 N–H and O–H groups in total. The Kier molecular flexibility index (Phi) is 5.33. The number of aromatic nitrogens is 1.